The van der Waals surface area contributed by atoms with Crippen LogP contribution in [0.15, 0.2) is 133 Å². The molecule has 1 heterocycles. The van der Waals surface area contributed by atoms with Gasteiger partial charge in [0.05, 0.1) is 11.0 Å². The maximum Gasteiger partial charge on any atom is 0.0547 e. The number of hydrogen-bond donors (Lipinski definition) is 0. The molecular weight excluding hydrogens is 436 g/mol. The number of hydrogen-bond acceptors (Lipinski definition) is 1. The molecule has 1 aromatic heterocycles. The van der Waals surface area contributed by atoms with Crippen LogP contribution in [-0.2, 0) is 0 Å². The molecule has 0 bridgehead atoms. The summed E-state index contributed by atoms with van der Waals surface area (Å²) >= 11 is 0. The van der Waals surface area contributed by atoms with Gasteiger partial charge in [0.1, 0.15) is 0 Å². The number of nitrogens with zero attached hydrogens (tertiary/aromatic N) is 2. The Morgan fingerprint density at radius 2 is 0.972 bits per heavy atom. The van der Waals surface area contributed by atoms with E-state index in [2.05, 4.69) is 143 Å². The third-order valence-corrected chi connectivity index (χ3v) is 7.48. The van der Waals surface area contributed by atoms with E-state index in [0.29, 0.717) is 0 Å². The second kappa shape index (κ2) is 7.34. The van der Waals surface area contributed by atoms with Gasteiger partial charge in [-0.05, 0) is 82.6 Å². The fraction of sp³-hybridized carbons (Fsp3) is 0. The highest BCUT2D eigenvalue weighted by atomic mass is 15.1. The van der Waals surface area contributed by atoms with E-state index < -0.39 is 0 Å². The SMILES string of the molecule is c1ccc(N(c2ccccc2)c2ccc(-n3c4cccc5c4c4c6c-5cccc6ccc43)cc2)cc1. The number of fused-ring (bicyclic) bond motifs is 1. The van der Waals surface area contributed by atoms with Crippen LogP contribution in [0.4, 0.5) is 17.1 Å². The van der Waals surface area contributed by atoms with Crippen LogP contribution in [-0.4, -0.2) is 4.57 Å². The van der Waals surface area contributed by atoms with Crippen LogP contribution < -0.4 is 4.90 Å². The Kier molecular flexibility index (Phi) is 3.97. The fourth-order valence-electron chi connectivity index (χ4n) is 6.01. The molecule has 0 aliphatic heterocycles. The smallest absolute Gasteiger partial charge is 0.0547 e. The normalized spacial score (nSPS) is 11.9. The van der Waals surface area contributed by atoms with Crippen molar-refractivity contribution in [3.63, 3.8) is 0 Å². The number of aromatic nitrogens is 1. The number of anilines is 3. The lowest BCUT2D eigenvalue weighted by atomic mass is 10.0. The molecule has 0 spiro atoms. The predicted octanol–water partition coefficient (Wildman–Crippen LogP) is 9.39. The summed E-state index contributed by atoms with van der Waals surface area (Å²) < 4.78 is 2.42. The zero-order valence-corrected chi connectivity index (χ0v) is 19.6. The standard InChI is InChI=1S/C34H22N2/c1-3-10-24(11-4-1)35(25-12-5-2-6-13-25)26-18-20-27(21-19-26)36-30-16-8-15-29-28-14-7-9-23-17-22-31(36)34(32(23)28)33(29)30/h1-22H. The van der Waals surface area contributed by atoms with E-state index in [9.17, 15) is 0 Å². The third-order valence-electron chi connectivity index (χ3n) is 7.48. The maximum absolute atomic E-state index is 2.42. The predicted molar refractivity (Wildman–Crippen MR) is 152 cm³/mol. The minimum absolute atomic E-state index is 1.14. The summed E-state index contributed by atoms with van der Waals surface area (Å²) in [5, 5.41) is 5.45. The van der Waals surface area contributed by atoms with E-state index in [0.717, 1.165) is 17.1 Å². The Labute approximate surface area is 209 Å². The van der Waals surface area contributed by atoms with Crippen molar-refractivity contribution < 1.29 is 0 Å². The summed E-state index contributed by atoms with van der Waals surface area (Å²) in [7, 11) is 0. The van der Waals surface area contributed by atoms with Crippen LogP contribution in [0, 0.1) is 0 Å². The average Bonchev–Trinajstić information content (AvgIpc) is 3.47. The zero-order valence-electron chi connectivity index (χ0n) is 19.6. The highest BCUT2D eigenvalue weighted by Gasteiger charge is 2.24. The first-order valence-corrected chi connectivity index (χ1v) is 12.4. The van der Waals surface area contributed by atoms with Crippen molar-refractivity contribution in [1.82, 2.24) is 4.57 Å². The van der Waals surface area contributed by atoms with E-state index in [4.69, 9.17) is 0 Å². The van der Waals surface area contributed by atoms with Gasteiger partial charge in [-0.1, -0.05) is 72.8 Å². The molecule has 2 heteroatoms. The van der Waals surface area contributed by atoms with Crippen LogP contribution in [0.25, 0.3) is 49.4 Å². The second-order valence-electron chi connectivity index (χ2n) is 9.42. The Morgan fingerprint density at radius 1 is 0.389 bits per heavy atom. The van der Waals surface area contributed by atoms with Crippen molar-refractivity contribution in [2.75, 3.05) is 4.90 Å². The topological polar surface area (TPSA) is 8.17 Å². The first kappa shape index (κ1) is 19.5. The highest BCUT2D eigenvalue weighted by molar-refractivity contribution is 6.33. The number of benzene rings is 6. The molecule has 0 amide bonds. The zero-order chi connectivity index (χ0) is 23.6. The Hall–Kier alpha value is -4.82. The van der Waals surface area contributed by atoms with Crippen molar-refractivity contribution in [3.05, 3.63) is 133 Å². The largest absolute Gasteiger partial charge is 0.311 e. The molecule has 168 valence electrons. The van der Waals surface area contributed by atoms with E-state index in [1.807, 2.05) is 0 Å². The van der Waals surface area contributed by atoms with Gasteiger partial charge in [0.2, 0.25) is 0 Å². The Bertz CT molecular complexity index is 1870. The third kappa shape index (κ3) is 2.61. The van der Waals surface area contributed by atoms with Gasteiger partial charge in [-0.15, -0.1) is 0 Å². The monoisotopic (exact) mass is 458 g/mol. The summed E-state index contributed by atoms with van der Waals surface area (Å²) in [6.45, 7) is 0. The minimum atomic E-state index is 1.14. The number of rotatable bonds is 4. The van der Waals surface area contributed by atoms with Gasteiger partial charge in [0.25, 0.3) is 0 Å². The van der Waals surface area contributed by atoms with Crippen molar-refractivity contribution in [3.8, 4) is 16.8 Å². The molecule has 0 radical (unpaired) electrons. The molecule has 0 saturated heterocycles. The van der Waals surface area contributed by atoms with Crippen LogP contribution in [0.5, 0.6) is 0 Å². The van der Waals surface area contributed by atoms with Crippen LogP contribution in [0.2, 0.25) is 0 Å². The van der Waals surface area contributed by atoms with Gasteiger partial charge in [-0.2, -0.15) is 0 Å². The molecule has 36 heavy (non-hydrogen) atoms. The van der Waals surface area contributed by atoms with E-state index in [1.165, 1.54) is 49.4 Å². The van der Waals surface area contributed by atoms with Gasteiger partial charge < -0.3 is 9.47 Å². The van der Waals surface area contributed by atoms with Crippen LogP contribution in [0.3, 0.4) is 0 Å². The lowest BCUT2D eigenvalue weighted by molar-refractivity contribution is 1.17. The molecule has 0 N–H and O–H groups in total. The van der Waals surface area contributed by atoms with Gasteiger partial charge >= 0.3 is 0 Å². The molecule has 0 fully saturated rings. The summed E-state index contributed by atoms with van der Waals surface area (Å²) in [4.78, 5) is 2.30. The molecule has 7 aromatic rings. The lowest BCUT2D eigenvalue weighted by Gasteiger charge is -2.25. The van der Waals surface area contributed by atoms with E-state index >= 15 is 0 Å². The molecule has 6 aromatic carbocycles. The van der Waals surface area contributed by atoms with Crippen molar-refractivity contribution >= 4 is 49.6 Å². The molecule has 0 unspecified atom stereocenters. The van der Waals surface area contributed by atoms with Gasteiger partial charge in [0, 0.05) is 33.5 Å². The molecule has 8 rings (SSSR count). The summed E-state index contributed by atoms with van der Waals surface area (Å²) in [6, 6.07) is 48.0. The van der Waals surface area contributed by atoms with Crippen LogP contribution in [0.1, 0.15) is 0 Å². The van der Waals surface area contributed by atoms with E-state index in [1.54, 1.807) is 0 Å². The van der Waals surface area contributed by atoms with Gasteiger partial charge in [-0.3, -0.25) is 0 Å². The fourth-order valence-corrected chi connectivity index (χ4v) is 6.01. The molecule has 0 saturated carbocycles. The van der Waals surface area contributed by atoms with E-state index in [-0.39, 0.29) is 0 Å². The quantitative estimate of drug-likeness (QED) is 0.255. The Morgan fingerprint density at radius 3 is 1.67 bits per heavy atom. The van der Waals surface area contributed by atoms with Crippen molar-refractivity contribution in [2.45, 2.75) is 0 Å². The molecule has 0 atom stereocenters. The van der Waals surface area contributed by atoms with Crippen molar-refractivity contribution in [1.29, 1.82) is 0 Å². The van der Waals surface area contributed by atoms with Gasteiger partial charge in [-0.25, -0.2) is 0 Å². The lowest BCUT2D eigenvalue weighted by Crippen LogP contribution is -2.09. The highest BCUT2D eigenvalue weighted by Crippen LogP contribution is 2.49. The first-order chi connectivity index (χ1) is 17.9. The molecule has 1 aliphatic carbocycles. The first-order valence-electron chi connectivity index (χ1n) is 12.4. The Balaban J connectivity index is 1.33. The summed E-state index contributed by atoms with van der Waals surface area (Å²) in [5.41, 5.74) is 9.84. The molecule has 1 aliphatic rings. The average molecular weight is 459 g/mol. The van der Waals surface area contributed by atoms with Gasteiger partial charge in [0.15, 0.2) is 0 Å². The van der Waals surface area contributed by atoms with Crippen molar-refractivity contribution in [2.24, 2.45) is 0 Å². The molecular formula is C34H22N2. The second-order valence-corrected chi connectivity index (χ2v) is 9.42. The summed E-state index contributed by atoms with van der Waals surface area (Å²) in [6.07, 6.45) is 0. The maximum atomic E-state index is 2.42. The summed E-state index contributed by atoms with van der Waals surface area (Å²) in [5.74, 6) is 0. The minimum Gasteiger partial charge on any atom is -0.311 e. The van der Waals surface area contributed by atoms with Crippen LogP contribution >= 0.6 is 0 Å². The number of para-hydroxylation sites is 2. The molecule has 2 nitrogen and oxygen atoms in total.